The number of nitrogens with zero attached hydrogens (tertiary/aromatic N) is 4. The van der Waals surface area contributed by atoms with Crippen molar-refractivity contribution >= 4 is 6.03 Å². The van der Waals surface area contributed by atoms with Crippen LogP contribution in [0.3, 0.4) is 0 Å². The lowest BCUT2D eigenvalue weighted by atomic mass is 10.2. The highest BCUT2D eigenvalue weighted by Crippen LogP contribution is 2.15. The van der Waals surface area contributed by atoms with Crippen LogP contribution < -0.4 is 0 Å². The molecule has 0 aliphatic carbocycles. The molecule has 0 saturated carbocycles. The molecule has 1 saturated heterocycles. The molecule has 1 aromatic carbocycles. The molecule has 1 aliphatic heterocycles. The first kappa shape index (κ1) is 14.5. The van der Waals surface area contributed by atoms with Gasteiger partial charge in [0.05, 0.1) is 13.2 Å². The lowest BCUT2D eigenvalue weighted by Gasteiger charge is -2.30. The van der Waals surface area contributed by atoms with Gasteiger partial charge in [-0.25, -0.2) is 4.79 Å². The number of hydrogen-bond acceptors (Lipinski definition) is 5. The van der Waals surface area contributed by atoms with Crippen LogP contribution in [0.2, 0.25) is 0 Å². The molecular weight excluding hydrogens is 284 g/mol. The van der Waals surface area contributed by atoms with E-state index in [0.717, 1.165) is 5.56 Å². The zero-order valence-electron chi connectivity index (χ0n) is 12.4. The van der Waals surface area contributed by atoms with Crippen LogP contribution in [-0.2, 0) is 11.3 Å². The van der Waals surface area contributed by atoms with Crippen molar-refractivity contribution in [2.75, 3.05) is 33.4 Å². The molecule has 0 spiro atoms. The van der Waals surface area contributed by atoms with Crippen LogP contribution in [0.15, 0.2) is 34.9 Å². The number of aromatic nitrogens is 2. The number of hydrogen-bond donors (Lipinski definition) is 0. The number of carbonyl (C=O) groups excluding carboxylic acids is 1. The van der Waals surface area contributed by atoms with Crippen LogP contribution in [-0.4, -0.2) is 59.3 Å². The Hall–Kier alpha value is -2.41. The van der Waals surface area contributed by atoms with Gasteiger partial charge in [-0.2, -0.15) is 4.98 Å². The molecule has 1 fully saturated rings. The molecule has 1 aliphatic rings. The standard InChI is InChI=1S/C15H18N4O3/c1-18(15(20)19-7-9-21-10-8-19)11-13-16-14(17-22-13)12-5-3-2-4-6-12/h2-6H,7-11H2,1H3. The lowest BCUT2D eigenvalue weighted by molar-refractivity contribution is 0.0441. The number of carbonyl (C=O) groups is 1. The molecule has 2 heterocycles. The van der Waals surface area contributed by atoms with Crippen LogP contribution >= 0.6 is 0 Å². The molecule has 0 bridgehead atoms. The molecule has 116 valence electrons. The SMILES string of the molecule is CN(Cc1nc(-c2ccccc2)no1)C(=O)N1CCOCC1. The highest BCUT2D eigenvalue weighted by atomic mass is 16.5. The second kappa shape index (κ2) is 6.57. The summed E-state index contributed by atoms with van der Waals surface area (Å²) in [6.45, 7) is 2.68. The largest absolute Gasteiger partial charge is 0.378 e. The summed E-state index contributed by atoms with van der Waals surface area (Å²) in [5, 5.41) is 3.95. The molecule has 1 aromatic heterocycles. The maximum Gasteiger partial charge on any atom is 0.320 e. The minimum atomic E-state index is -0.0530. The average molecular weight is 302 g/mol. The number of ether oxygens (including phenoxy) is 1. The van der Waals surface area contributed by atoms with Crippen LogP contribution in [0.5, 0.6) is 0 Å². The monoisotopic (exact) mass is 302 g/mol. The zero-order chi connectivity index (χ0) is 15.4. The summed E-state index contributed by atoms with van der Waals surface area (Å²) in [5.41, 5.74) is 0.889. The number of benzene rings is 1. The van der Waals surface area contributed by atoms with Crippen LogP contribution in [0, 0.1) is 0 Å². The van der Waals surface area contributed by atoms with Crippen molar-refractivity contribution in [3.63, 3.8) is 0 Å². The normalized spacial score (nSPS) is 14.9. The molecule has 22 heavy (non-hydrogen) atoms. The minimum Gasteiger partial charge on any atom is -0.378 e. The summed E-state index contributed by atoms with van der Waals surface area (Å²) >= 11 is 0. The summed E-state index contributed by atoms with van der Waals surface area (Å²) in [4.78, 5) is 20.0. The maximum atomic E-state index is 12.3. The smallest absolute Gasteiger partial charge is 0.320 e. The third-order valence-electron chi connectivity index (χ3n) is 3.48. The van der Waals surface area contributed by atoms with E-state index >= 15 is 0 Å². The maximum absolute atomic E-state index is 12.3. The highest BCUT2D eigenvalue weighted by Gasteiger charge is 2.22. The summed E-state index contributed by atoms with van der Waals surface area (Å²) in [5.74, 6) is 0.950. The van der Waals surface area contributed by atoms with E-state index in [1.165, 1.54) is 0 Å². The fourth-order valence-corrected chi connectivity index (χ4v) is 2.29. The van der Waals surface area contributed by atoms with Gasteiger partial charge < -0.3 is 19.1 Å². The summed E-state index contributed by atoms with van der Waals surface area (Å²) < 4.78 is 10.5. The molecule has 3 rings (SSSR count). The minimum absolute atomic E-state index is 0.0530. The van der Waals surface area contributed by atoms with Crippen molar-refractivity contribution in [3.05, 3.63) is 36.2 Å². The van der Waals surface area contributed by atoms with Gasteiger partial charge in [-0.05, 0) is 0 Å². The van der Waals surface area contributed by atoms with E-state index in [2.05, 4.69) is 10.1 Å². The second-order valence-electron chi connectivity index (χ2n) is 5.12. The third kappa shape index (κ3) is 3.25. The molecule has 0 atom stereocenters. The van der Waals surface area contributed by atoms with Crippen molar-refractivity contribution in [2.45, 2.75) is 6.54 Å². The number of rotatable bonds is 3. The molecule has 2 amide bonds. The van der Waals surface area contributed by atoms with Gasteiger partial charge in [0.25, 0.3) is 0 Å². The van der Waals surface area contributed by atoms with Crippen molar-refractivity contribution < 1.29 is 14.1 Å². The van der Waals surface area contributed by atoms with E-state index in [1.807, 2.05) is 30.3 Å². The van der Waals surface area contributed by atoms with Gasteiger partial charge in [0.15, 0.2) is 0 Å². The predicted octanol–water partition coefficient (Wildman–Crippen LogP) is 1.62. The first-order chi connectivity index (χ1) is 10.7. The van der Waals surface area contributed by atoms with E-state index in [-0.39, 0.29) is 12.6 Å². The Balaban J connectivity index is 1.63. The van der Waals surface area contributed by atoms with Crippen molar-refractivity contribution in [1.82, 2.24) is 19.9 Å². The summed E-state index contributed by atoms with van der Waals surface area (Å²) in [6.07, 6.45) is 0. The van der Waals surface area contributed by atoms with E-state index in [9.17, 15) is 4.79 Å². The molecule has 0 radical (unpaired) electrons. The van der Waals surface area contributed by atoms with Crippen molar-refractivity contribution in [3.8, 4) is 11.4 Å². The first-order valence-corrected chi connectivity index (χ1v) is 7.20. The van der Waals surface area contributed by atoms with Gasteiger partial charge in [0, 0.05) is 25.7 Å². The third-order valence-corrected chi connectivity index (χ3v) is 3.48. The van der Waals surface area contributed by atoms with E-state index in [4.69, 9.17) is 9.26 Å². The predicted molar refractivity (Wildman–Crippen MR) is 79.0 cm³/mol. The molecular formula is C15H18N4O3. The summed E-state index contributed by atoms with van der Waals surface area (Å²) in [6, 6.07) is 9.54. The molecule has 0 unspecified atom stereocenters. The van der Waals surface area contributed by atoms with E-state index in [1.54, 1.807) is 16.8 Å². The Morgan fingerprint density at radius 3 is 2.73 bits per heavy atom. The van der Waals surface area contributed by atoms with Gasteiger partial charge >= 0.3 is 6.03 Å². The van der Waals surface area contributed by atoms with Crippen LogP contribution in [0.1, 0.15) is 5.89 Å². The van der Waals surface area contributed by atoms with Gasteiger partial charge in [0.2, 0.25) is 11.7 Å². The van der Waals surface area contributed by atoms with Gasteiger partial charge in [-0.3, -0.25) is 0 Å². The number of morpholine rings is 1. The Morgan fingerprint density at radius 1 is 1.27 bits per heavy atom. The highest BCUT2D eigenvalue weighted by molar-refractivity contribution is 5.74. The van der Waals surface area contributed by atoms with Crippen LogP contribution in [0.25, 0.3) is 11.4 Å². The van der Waals surface area contributed by atoms with Gasteiger partial charge in [-0.15, -0.1) is 0 Å². The van der Waals surface area contributed by atoms with Crippen LogP contribution in [0.4, 0.5) is 4.79 Å². The quantitative estimate of drug-likeness (QED) is 0.861. The average Bonchev–Trinajstić information content (AvgIpc) is 3.04. The molecule has 0 N–H and O–H groups in total. The molecule has 7 nitrogen and oxygen atoms in total. The Bertz CT molecular complexity index is 623. The van der Waals surface area contributed by atoms with E-state index in [0.29, 0.717) is 38.0 Å². The number of amides is 2. The second-order valence-corrected chi connectivity index (χ2v) is 5.12. The van der Waals surface area contributed by atoms with Gasteiger partial charge in [-0.1, -0.05) is 35.5 Å². The molecule has 7 heteroatoms. The first-order valence-electron chi connectivity index (χ1n) is 7.20. The lowest BCUT2D eigenvalue weighted by Crippen LogP contribution is -2.46. The summed E-state index contributed by atoms with van der Waals surface area (Å²) in [7, 11) is 1.73. The van der Waals surface area contributed by atoms with E-state index < -0.39 is 0 Å². The van der Waals surface area contributed by atoms with Crippen molar-refractivity contribution in [2.24, 2.45) is 0 Å². The Kier molecular flexibility index (Phi) is 4.34. The van der Waals surface area contributed by atoms with Crippen molar-refractivity contribution in [1.29, 1.82) is 0 Å². The fourth-order valence-electron chi connectivity index (χ4n) is 2.29. The Morgan fingerprint density at radius 2 is 2.00 bits per heavy atom. The topological polar surface area (TPSA) is 71.7 Å². The number of urea groups is 1. The Labute approximate surface area is 128 Å². The van der Waals surface area contributed by atoms with Gasteiger partial charge in [0.1, 0.15) is 6.54 Å². The zero-order valence-corrected chi connectivity index (χ0v) is 12.4. The molecule has 2 aromatic rings. The fraction of sp³-hybridized carbons (Fsp3) is 0.400.